The molecule has 2 N–H and O–H groups in total. The Labute approximate surface area is 85.2 Å². The van der Waals surface area contributed by atoms with Crippen molar-refractivity contribution >= 4 is 40.6 Å². The minimum atomic E-state index is -0.530. The molecule has 1 amide bonds. The molecule has 1 rings (SSSR count). The van der Waals surface area contributed by atoms with Gasteiger partial charge >= 0.3 is 0 Å². The minimum Gasteiger partial charge on any atom is -0.366 e. The number of isothiocyanates is 1. The molecule has 0 spiro atoms. The third-order valence-corrected chi connectivity index (χ3v) is 1.81. The Morgan fingerprint density at radius 2 is 2.31 bits per heavy atom. The van der Waals surface area contributed by atoms with Gasteiger partial charge in [0.05, 0.1) is 15.9 Å². The number of halogens is 1. The summed E-state index contributed by atoms with van der Waals surface area (Å²) < 4.78 is 0. The van der Waals surface area contributed by atoms with Gasteiger partial charge in [0.1, 0.15) is 0 Å². The molecular weight excluding hydrogens is 208 g/mol. The predicted octanol–water partition coefficient (Wildman–Crippen LogP) is 2.17. The van der Waals surface area contributed by atoms with Crippen LogP contribution in [0.25, 0.3) is 0 Å². The van der Waals surface area contributed by atoms with Gasteiger partial charge < -0.3 is 5.73 Å². The number of thiocarbonyl (C=S) groups is 1. The van der Waals surface area contributed by atoms with Crippen molar-refractivity contribution in [3.63, 3.8) is 0 Å². The summed E-state index contributed by atoms with van der Waals surface area (Å²) in [4.78, 5) is 14.4. The summed E-state index contributed by atoms with van der Waals surface area (Å²) >= 11 is 10.2. The highest BCUT2D eigenvalue weighted by molar-refractivity contribution is 7.78. The van der Waals surface area contributed by atoms with Crippen LogP contribution in [0.3, 0.4) is 0 Å². The molecule has 66 valence electrons. The lowest BCUT2D eigenvalue weighted by Gasteiger charge is -1.98. The van der Waals surface area contributed by atoms with Crippen LogP contribution < -0.4 is 5.73 Å². The maximum Gasteiger partial charge on any atom is 0.248 e. The smallest absolute Gasteiger partial charge is 0.248 e. The second kappa shape index (κ2) is 4.14. The number of nitrogens with zero attached hydrogens (tertiary/aromatic N) is 1. The van der Waals surface area contributed by atoms with Gasteiger partial charge in [-0.05, 0) is 30.4 Å². The number of primary amides is 1. The van der Waals surface area contributed by atoms with Crippen molar-refractivity contribution < 1.29 is 4.79 Å². The van der Waals surface area contributed by atoms with Crippen molar-refractivity contribution in [1.82, 2.24) is 0 Å². The van der Waals surface area contributed by atoms with E-state index in [0.29, 0.717) is 16.3 Å². The largest absolute Gasteiger partial charge is 0.366 e. The summed E-state index contributed by atoms with van der Waals surface area (Å²) in [5.41, 5.74) is 5.80. The van der Waals surface area contributed by atoms with E-state index in [0.717, 1.165) is 0 Å². The topological polar surface area (TPSA) is 55.5 Å². The number of rotatable bonds is 2. The quantitative estimate of drug-likeness (QED) is 0.604. The van der Waals surface area contributed by atoms with Crippen molar-refractivity contribution in [2.45, 2.75) is 0 Å². The Morgan fingerprint density at radius 3 is 2.85 bits per heavy atom. The Kier molecular flexibility index (Phi) is 3.14. The summed E-state index contributed by atoms with van der Waals surface area (Å²) in [5.74, 6) is -0.530. The van der Waals surface area contributed by atoms with Crippen molar-refractivity contribution in [3.05, 3.63) is 28.8 Å². The molecule has 3 nitrogen and oxygen atoms in total. The zero-order valence-corrected chi connectivity index (χ0v) is 8.02. The normalized spacial score (nSPS) is 9.00. The summed E-state index contributed by atoms with van der Waals surface area (Å²) in [7, 11) is 0. The van der Waals surface area contributed by atoms with Crippen molar-refractivity contribution in [1.29, 1.82) is 0 Å². The molecule has 0 aliphatic carbocycles. The van der Waals surface area contributed by atoms with Gasteiger partial charge in [0.25, 0.3) is 0 Å². The van der Waals surface area contributed by atoms with E-state index in [2.05, 4.69) is 22.4 Å². The Morgan fingerprint density at radius 1 is 1.62 bits per heavy atom. The van der Waals surface area contributed by atoms with Crippen LogP contribution in [0.15, 0.2) is 23.2 Å². The molecule has 0 aromatic heterocycles. The lowest BCUT2D eigenvalue weighted by molar-refractivity contribution is 0.100. The van der Waals surface area contributed by atoms with Crippen molar-refractivity contribution in [2.75, 3.05) is 0 Å². The predicted molar refractivity (Wildman–Crippen MR) is 54.7 cm³/mol. The Bertz CT molecular complexity index is 399. The maximum absolute atomic E-state index is 10.8. The number of nitrogens with two attached hydrogens (primary N) is 1. The van der Waals surface area contributed by atoms with Gasteiger partial charge in [0.2, 0.25) is 5.91 Å². The molecule has 0 aliphatic rings. The molecule has 0 bridgehead atoms. The van der Waals surface area contributed by atoms with E-state index in [-0.39, 0.29) is 0 Å². The van der Waals surface area contributed by atoms with Crippen LogP contribution in [0.1, 0.15) is 10.4 Å². The summed E-state index contributed by atoms with van der Waals surface area (Å²) in [6.07, 6.45) is 0. The first-order valence-corrected chi connectivity index (χ1v) is 4.11. The monoisotopic (exact) mass is 212 g/mol. The molecule has 13 heavy (non-hydrogen) atoms. The molecule has 0 unspecified atom stereocenters. The van der Waals surface area contributed by atoms with Gasteiger partial charge in [-0.25, -0.2) is 0 Å². The van der Waals surface area contributed by atoms with E-state index in [1.165, 1.54) is 18.2 Å². The van der Waals surface area contributed by atoms with Crippen LogP contribution >= 0.6 is 23.8 Å². The van der Waals surface area contributed by atoms with Crippen LogP contribution in [0, 0.1) is 0 Å². The molecule has 0 heterocycles. The third-order valence-electron chi connectivity index (χ3n) is 1.40. The number of aliphatic imine (C=N–C) groups is 1. The standard InChI is InChI=1S/C8H5ClN2OS/c9-6-2-1-5(8(10)12)3-7(6)11-4-13/h1-3H,(H2,10,12). The van der Waals surface area contributed by atoms with Gasteiger partial charge in [-0.15, -0.1) is 0 Å². The number of benzene rings is 1. The van der Waals surface area contributed by atoms with E-state index < -0.39 is 5.91 Å². The van der Waals surface area contributed by atoms with Crippen molar-refractivity contribution in [2.24, 2.45) is 10.7 Å². The average molecular weight is 213 g/mol. The zero-order chi connectivity index (χ0) is 9.84. The number of carbonyl (C=O) groups excluding carboxylic acids is 1. The van der Waals surface area contributed by atoms with Gasteiger partial charge in [0.15, 0.2) is 0 Å². The lowest BCUT2D eigenvalue weighted by atomic mass is 10.2. The Hall–Kier alpha value is -1.22. The van der Waals surface area contributed by atoms with Crippen LogP contribution in [-0.4, -0.2) is 11.1 Å². The third kappa shape index (κ3) is 2.36. The van der Waals surface area contributed by atoms with E-state index in [1.54, 1.807) is 0 Å². The second-order valence-electron chi connectivity index (χ2n) is 2.23. The maximum atomic E-state index is 10.8. The first-order chi connectivity index (χ1) is 6.15. The highest BCUT2D eigenvalue weighted by Gasteiger charge is 2.04. The van der Waals surface area contributed by atoms with Gasteiger partial charge in [-0.1, -0.05) is 11.6 Å². The fourth-order valence-corrected chi connectivity index (χ4v) is 1.06. The summed E-state index contributed by atoms with van der Waals surface area (Å²) in [6.45, 7) is 0. The van der Waals surface area contributed by atoms with Crippen LogP contribution in [0.5, 0.6) is 0 Å². The summed E-state index contributed by atoms with van der Waals surface area (Å²) in [5, 5.41) is 2.57. The molecule has 0 fully saturated rings. The number of hydrogen-bond acceptors (Lipinski definition) is 3. The summed E-state index contributed by atoms with van der Waals surface area (Å²) in [6, 6.07) is 4.52. The highest BCUT2D eigenvalue weighted by Crippen LogP contribution is 2.25. The SMILES string of the molecule is NC(=O)c1ccc(Cl)c(N=C=S)c1. The van der Waals surface area contributed by atoms with Crippen molar-refractivity contribution in [3.8, 4) is 0 Å². The van der Waals surface area contributed by atoms with E-state index >= 15 is 0 Å². The molecule has 0 saturated heterocycles. The molecule has 0 aliphatic heterocycles. The van der Waals surface area contributed by atoms with E-state index in [1.807, 2.05) is 0 Å². The average Bonchev–Trinajstić information content (AvgIpc) is 2.08. The molecule has 0 radical (unpaired) electrons. The highest BCUT2D eigenvalue weighted by atomic mass is 35.5. The first kappa shape index (κ1) is 9.86. The first-order valence-electron chi connectivity index (χ1n) is 3.32. The molecule has 5 heteroatoms. The van der Waals surface area contributed by atoms with E-state index in [4.69, 9.17) is 17.3 Å². The second-order valence-corrected chi connectivity index (χ2v) is 2.82. The van der Waals surface area contributed by atoms with Crippen LogP contribution in [-0.2, 0) is 0 Å². The molecular formula is C8H5ClN2OS. The molecule has 0 saturated carbocycles. The Balaban J connectivity index is 3.26. The minimum absolute atomic E-state index is 0.341. The van der Waals surface area contributed by atoms with E-state index in [9.17, 15) is 4.79 Å². The molecule has 1 aromatic carbocycles. The molecule has 0 atom stereocenters. The lowest BCUT2D eigenvalue weighted by Crippen LogP contribution is -2.10. The zero-order valence-electron chi connectivity index (χ0n) is 6.45. The number of hydrogen-bond donors (Lipinski definition) is 1. The van der Waals surface area contributed by atoms with Gasteiger partial charge in [0, 0.05) is 5.56 Å². The fraction of sp³-hybridized carbons (Fsp3) is 0. The molecule has 1 aromatic rings. The number of carbonyl (C=O) groups is 1. The van der Waals surface area contributed by atoms with Gasteiger partial charge in [-0.2, -0.15) is 4.99 Å². The fourth-order valence-electron chi connectivity index (χ4n) is 0.801. The number of amides is 1. The van der Waals surface area contributed by atoms with Crippen LogP contribution in [0.2, 0.25) is 5.02 Å². The van der Waals surface area contributed by atoms with Gasteiger partial charge in [-0.3, -0.25) is 4.79 Å². The van der Waals surface area contributed by atoms with Crippen LogP contribution in [0.4, 0.5) is 5.69 Å².